The number of hydrogen-bond acceptors (Lipinski definition) is 2. The number of aryl methyl sites for hydroxylation is 2. The molecule has 2 N–H and O–H groups in total. The van der Waals surface area contributed by atoms with Crippen LogP contribution in [0.1, 0.15) is 44.2 Å². The van der Waals surface area contributed by atoms with Crippen molar-refractivity contribution >= 4 is 18.3 Å². The summed E-state index contributed by atoms with van der Waals surface area (Å²) in [5.74, 6) is 0.152. The maximum Gasteiger partial charge on any atom is 0.220 e. The molecule has 1 heterocycles. The van der Waals surface area contributed by atoms with Crippen molar-refractivity contribution in [2.75, 3.05) is 13.1 Å². The van der Waals surface area contributed by atoms with Crippen LogP contribution in [0, 0.1) is 12.3 Å². The monoisotopic (exact) mass is 324 g/mol. The van der Waals surface area contributed by atoms with Gasteiger partial charge in [-0.25, -0.2) is 0 Å². The number of carbonyl (C=O) groups is 1. The number of rotatable bonds is 5. The van der Waals surface area contributed by atoms with Crippen LogP contribution < -0.4 is 10.6 Å². The summed E-state index contributed by atoms with van der Waals surface area (Å²) in [5, 5.41) is 6.62. The zero-order chi connectivity index (χ0) is 15.3. The van der Waals surface area contributed by atoms with E-state index in [4.69, 9.17) is 0 Å². The highest BCUT2D eigenvalue weighted by molar-refractivity contribution is 5.85. The fourth-order valence-electron chi connectivity index (χ4n) is 2.94. The number of piperidine rings is 1. The highest BCUT2D eigenvalue weighted by atomic mass is 35.5. The lowest BCUT2D eigenvalue weighted by atomic mass is 9.77. The van der Waals surface area contributed by atoms with Gasteiger partial charge < -0.3 is 10.6 Å². The fraction of sp³-hybridized carbons (Fsp3) is 0.611. The van der Waals surface area contributed by atoms with Crippen molar-refractivity contribution in [1.82, 2.24) is 10.6 Å². The van der Waals surface area contributed by atoms with E-state index in [0.29, 0.717) is 12.5 Å². The van der Waals surface area contributed by atoms with E-state index >= 15 is 0 Å². The van der Waals surface area contributed by atoms with Crippen LogP contribution in [-0.2, 0) is 11.2 Å². The largest absolute Gasteiger partial charge is 0.355 e. The Kier molecular flexibility index (Phi) is 7.37. The van der Waals surface area contributed by atoms with E-state index < -0.39 is 0 Å². The summed E-state index contributed by atoms with van der Waals surface area (Å²) in [4.78, 5) is 12.0. The molecule has 0 saturated carbocycles. The zero-order valence-corrected chi connectivity index (χ0v) is 14.8. The lowest BCUT2D eigenvalue weighted by Crippen LogP contribution is -2.52. The molecule has 1 aromatic carbocycles. The van der Waals surface area contributed by atoms with Crippen molar-refractivity contribution in [3.63, 3.8) is 0 Å². The number of halogens is 1. The van der Waals surface area contributed by atoms with Gasteiger partial charge in [-0.05, 0) is 43.7 Å². The van der Waals surface area contributed by atoms with Gasteiger partial charge in [-0.2, -0.15) is 0 Å². The molecule has 0 aliphatic carbocycles. The molecule has 1 saturated heterocycles. The summed E-state index contributed by atoms with van der Waals surface area (Å²) >= 11 is 0. The molecule has 0 radical (unpaired) electrons. The van der Waals surface area contributed by atoms with Crippen molar-refractivity contribution < 1.29 is 4.79 Å². The number of benzene rings is 1. The van der Waals surface area contributed by atoms with E-state index in [2.05, 4.69) is 55.7 Å². The molecule has 3 nitrogen and oxygen atoms in total. The van der Waals surface area contributed by atoms with Crippen LogP contribution in [0.3, 0.4) is 0 Å². The van der Waals surface area contributed by atoms with Gasteiger partial charge in [0.1, 0.15) is 0 Å². The molecule has 124 valence electrons. The molecule has 1 fully saturated rings. The van der Waals surface area contributed by atoms with Gasteiger partial charge in [-0.15, -0.1) is 12.4 Å². The normalized spacial score (nSPS) is 20.0. The van der Waals surface area contributed by atoms with E-state index in [9.17, 15) is 4.79 Å². The third-order valence-corrected chi connectivity index (χ3v) is 4.60. The van der Waals surface area contributed by atoms with E-state index in [-0.39, 0.29) is 23.7 Å². The van der Waals surface area contributed by atoms with Crippen molar-refractivity contribution in [2.45, 2.75) is 52.5 Å². The molecule has 1 aliphatic rings. The Hall–Kier alpha value is -1.06. The quantitative estimate of drug-likeness (QED) is 0.873. The summed E-state index contributed by atoms with van der Waals surface area (Å²) in [6, 6.07) is 8.79. The molecule has 0 aromatic heterocycles. The second-order valence-electron chi connectivity index (χ2n) is 6.89. The van der Waals surface area contributed by atoms with Gasteiger partial charge in [-0.3, -0.25) is 4.79 Å². The minimum absolute atomic E-state index is 0. The SMILES string of the molecule is Cc1ccc(CCC(=O)NCC2NCCCC2(C)C)cc1.Cl. The lowest BCUT2D eigenvalue weighted by Gasteiger charge is -2.39. The first kappa shape index (κ1) is 19.0. The molecule has 22 heavy (non-hydrogen) atoms. The molecular weight excluding hydrogens is 296 g/mol. The van der Waals surface area contributed by atoms with Gasteiger partial charge in [0.25, 0.3) is 0 Å². The lowest BCUT2D eigenvalue weighted by molar-refractivity contribution is -0.121. The standard InChI is InChI=1S/C18H28N2O.ClH/c1-14-5-7-15(8-6-14)9-10-17(21)20-13-16-18(2,3)11-4-12-19-16;/h5-8,16,19H,4,9-13H2,1-3H3,(H,20,21);1H. The summed E-state index contributed by atoms with van der Waals surface area (Å²) in [6.45, 7) is 8.44. The molecule has 1 amide bonds. The number of nitrogens with one attached hydrogen (secondary N) is 2. The predicted molar refractivity (Wildman–Crippen MR) is 94.6 cm³/mol. The van der Waals surface area contributed by atoms with Gasteiger partial charge in [0, 0.05) is 19.0 Å². The second-order valence-corrected chi connectivity index (χ2v) is 6.89. The fourth-order valence-corrected chi connectivity index (χ4v) is 2.94. The highest BCUT2D eigenvalue weighted by Crippen LogP contribution is 2.29. The second kappa shape index (κ2) is 8.54. The van der Waals surface area contributed by atoms with Gasteiger partial charge in [0.2, 0.25) is 5.91 Å². The van der Waals surface area contributed by atoms with Gasteiger partial charge in [0.15, 0.2) is 0 Å². The minimum Gasteiger partial charge on any atom is -0.355 e. The van der Waals surface area contributed by atoms with Crippen LogP contribution in [0.5, 0.6) is 0 Å². The van der Waals surface area contributed by atoms with Crippen molar-refractivity contribution in [3.8, 4) is 0 Å². The van der Waals surface area contributed by atoms with Crippen LogP contribution in [-0.4, -0.2) is 25.0 Å². The Labute approximate surface area is 140 Å². The van der Waals surface area contributed by atoms with Crippen LogP contribution >= 0.6 is 12.4 Å². The van der Waals surface area contributed by atoms with Gasteiger partial charge >= 0.3 is 0 Å². The molecule has 1 unspecified atom stereocenters. The minimum atomic E-state index is 0. The first-order valence-corrected chi connectivity index (χ1v) is 8.03. The highest BCUT2D eigenvalue weighted by Gasteiger charge is 2.31. The summed E-state index contributed by atoms with van der Waals surface area (Å²) in [7, 11) is 0. The molecule has 4 heteroatoms. The molecule has 0 bridgehead atoms. The topological polar surface area (TPSA) is 41.1 Å². The van der Waals surface area contributed by atoms with Crippen LogP contribution in [0.15, 0.2) is 24.3 Å². The Balaban J connectivity index is 0.00000242. The Morgan fingerprint density at radius 3 is 2.64 bits per heavy atom. The Bertz CT molecular complexity index is 470. The third-order valence-electron chi connectivity index (χ3n) is 4.60. The average Bonchev–Trinajstić information content (AvgIpc) is 2.45. The van der Waals surface area contributed by atoms with E-state index in [1.165, 1.54) is 24.0 Å². The Morgan fingerprint density at radius 2 is 2.00 bits per heavy atom. The summed E-state index contributed by atoms with van der Waals surface area (Å²) in [6.07, 6.45) is 3.83. The molecule has 1 aliphatic heterocycles. The maximum absolute atomic E-state index is 12.0. The predicted octanol–water partition coefficient (Wildman–Crippen LogP) is 3.24. The van der Waals surface area contributed by atoms with Crippen molar-refractivity contribution in [2.24, 2.45) is 5.41 Å². The number of carbonyl (C=O) groups excluding carboxylic acids is 1. The first-order valence-electron chi connectivity index (χ1n) is 8.03. The van der Waals surface area contributed by atoms with Crippen LogP contribution in [0.4, 0.5) is 0 Å². The van der Waals surface area contributed by atoms with E-state index in [0.717, 1.165) is 19.5 Å². The smallest absolute Gasteiger partial charge is 0.220 e. The Morgan fingerprint density at radius 1 is 1.32 bits per heavy atom. The maximum atomic E-state index is 12.0. The summed E-state index contributed by atoms with van der Waals surface area (Å²) in [5.41, 5.74) is 2.75. The van der Waals surface area contributed by atoms with Crippen LogP contribution in [0.2, 0.25) is 0 Å². The van der Waals surface area contributed by atoms with E-state index in [1.807, 2.05) is 0 Å². The molecule has 1 aromatic rings. The van der Waals surface area contributed by atoms with Gasteiger partial charge in [0.05, 0.1) is 0 Å². The van der Waals surface area contributed by atoms with E-state index in [1.54, 1.807) is 0 Å². The van der Waals surface area contributed by atoms with Crippen LogP contribution in [0.25, 0.3) is 0 Å². The van der Waals surface area contributed by atoms with Gasteiger partial charge in [-0.1, -0.05) is 43.7 Å². The third kappa shape index (κ3) is 5.62. The first-order chi connectivity index (χ1) is 9.97. The van der Waals surface area contributed by atoms with Crippen molar-refractivity contribution in [1.29, 1.82) is 0 Å². The zero-order valence-electron chi connectivity index (χ0n) is 13.9. The molecular formula is C18H29ClN2O. The number of amides is 1. The molecule has 2 rings (SSSR count). The summed E-state index contributed by atoms with van der Waals surface area (Å²) < 4.78 is 0. The molecule has 1 atom stereocenters. The average molecular weight is 325 g/mol. The van der Waals surface area contributed by atoms with Crippen molar-refractivity contribution in [3.05, 3.63) is 35.4 Å². The molecule has 0 spiro atoms. The number of hydrogen-bond donors (Lipinski definition) is 2.